The zero-order chi connectivity index (χ0) is 26.3. The molecule has 36 heavy (non-hydrogen) atoms. The minimum absolute atomic E-state index is 0.106. The number of hydrogen-bond acceptors (Lipinski definition) is 4. The Kier molecular flexibility index (Phi) is 6.99. The molecule has 1 aliphatic carbocycles. The second-order valence-corrected chi connectivity index (χ2v) is 10.4. The number of pyridine rings is 1. The number of carbonyl (C=O) groups excluding carboxylic acids is 2. The summed E-state index contributed by atoms with van der Waals surface area (Å²) in [5.41, 5.74) is 0.0157. The topological polar surface area (TPSA) is 71.5 Å². The third kappa shape index (κ3) is 5.79. The van der Waals surface area contributed by atoms with Crippen LogP contribution in [-0.4, -0.2) is 52.2 Å². The van der Waals surface area contributed by atoms with Gasteiger partial charge in [-0.15, -0.1) is 0 Å². The van der Waals surface area contributed by atoms with Crippen LogP contribution in [0.3, 0.4) is 0 Å². The number of likely N-dealkylation sites (tertiary alicyclic amines) is 1. The Morgan fingerprint density at radius 1 is 1.14 bits per heavy atom. The molecule has 1 aromatic heterocycles. The summed E-state index contributed by atoms with van der Waals surface area (Å²) in [6.45, 7) is 4.73. The van der Waals surface area contributed by atoms with Crippen molar-refractivity contribution in [3.05, 3.63) is 65.2 Å². The first-order valence-electron chi connectivity index (χ1n) is 11.9. The van der Waals surface area contributed by atoms with Crippen molar-refractivity contribution in [1.29, 1.82) is 0 Å². The molecule has 2 aliphatic rings. The van der Waals surface area contributed by atoms with E-state index in [-0.39, 0.29) is 24.2 Å². The summed E-state index contributed by atoms with van der Waals surface area (Å²) in [4.78, 5) is 30.9. The first-order valence-corrected chi connectivity index (χ1v) is 11.9. The molecular formula is C26H29F4N3O3. The molecule has 1 aliphatic heterocycles. The zero-order valence-corrected chi connectivity index (χ0v) is 20.3. The van der Waals surface area contributed by atoms with Crippen molar-refractivity contribution in [2.45, 2.75) is 75.7 Å². The van der Waals surface area contributed by atoms with E-state index in [2.05, 4.69) is 10.3 Å². The van der Waals surface area contributed by atoms with Crippen LogP contribution in [0.25, 0.3) is 0 Å². The number of rotatable bonds is 5. The fourth-order valence-corrected chi connectivity index (χ4v) is 4.57. The zero-order valence-electron chi connectivity index (χ0n) is 20.3. The minimum atomic E-state index is -2.80. The van der Waals surface area contributed by atoms with Gasteiger partial charge in [-0.3, -0.25) is 9.69 Å². The maximum atomic E-state index is 14.9. The summed E-state index contributed by atoms with van der Waals surface area (Å²) in [6.07, 6.45) is -3.28. The quantitative estimate of drug-likeness (QED) is 0.441. The number of benzene rings is 1. The summed E-state index contributed by atoms with van der Waals surface area (Å²) in [6, 6.07) is 9.53. The van der Waals surface area contributed by atoms with Crippen LogP contribution in [0.15, 0.2) is 42.5 Å². The average Bonchev–Trinajstić information content (AvgIpc) is 3.17. The summed E-state index contributed by atoms with van der Waals surface area (Å²) in [5, 5.41) is 2.77. The molecule has 2 amide bonds. The van der Waals surface area contributed by atoms with Crippen molar-refractivity contribution in [3.63, 3.8) is 0 Å². The number of carbonyl (C=O) groups is 2. The minimum Gasteiger partial charge on any atom is -0.444 e. The van der Waals surface area contributed by atoms with E-state index in [0.29, 0.717) is 5.56 Å². The van der Waals surface area contributed by atoms with E-state index in [1.807, 2.05) is 0 Å². The smallest absolute Gasteiger partial charge is 0.411 e. The lowest BCUT2D eigenvalue weighted by Crippen LogP contribution is -2.48. The van der Waals surface area contributed by atoms with Gasteiger partial charge < -0.3 is 10.1 Å². The number of alkyl halides is 3. The van der Waals surface area contributed by atoms with Crippen molar-refractivity contribution in [2.24, 2.45) is 0 Å². The van der Waals surface area contributed by atoms with Gasteiger partial charge in [0.25, 0.3) is 0 Å². The number of amides is 2. The van der Waals surface area contributed by atoms with E-state index in [1.165, 1.54) is 12.1 Å². The molecule has 0 bridgehead atoms. The van der Waals surface area contributed by atoms with E-state index in [1.54, 1.807) is 51.1 Å². The Hall–Kier alpha value is -3.17. The monoisotopic (exact) mass is 507 g/mol. The van der Waals surface area contributed by atoms with Gasteiger partial charge in [-0.1, -0.05) is 36.4 Å². The molecule has 194 valence electrons. The van der Waals surface area contributed by atoms with E-state index in [4.69, 9.17) is 4.74 Å². The Balaban J connectivity index is 1.58. The summed E-state index contributed by atoms with van der Waals surface area (Å²) >= 11 is 0. The first-order chi connectivity index (χ1) is 16.8. The fourth-order valence-electron chi connectivity index (χ4n) is 4.57. The summed E-state index contributed by atoms with van der Waals surface area (Å²) < 4.78 is 61.0. The highest BCUT2D eigenvalue weighted by Crippen LogP contribution is 2.48. The third-order valence-corrected chi connectivity index (χ3v) is 6.32. The number of aromatic nitrogens is 1. The number of ether oxygens (including phenoxy) is 1. The Bertz CT molecular complexity index is 1120. The van der Waals surface area contributed by atoms with Gasteiger partial charge in [0.2, 0.25) is 17.8 Å². The van der Waals surface area contributed by atoms with Crippen molar-refractivity contribution in [3.8, 4) is 0 Å². The number of hydrogen-bond donors (Lipinski definition) is 1. The van der Waals surface area contributed by atoms with Gasteiger partial charge in [-0.05, 0) is 38.3 Å². The SMILES string of the molecule is CC(C)(C)OC(=O)N1C[C@H](F)C[C@H]1C(=O)N[C@@H](c1ccccc1)c1ccc(C2CC(F)(F)C2)c(F)n1. The Morgan fingerprint density at radius 3 is 2.39 bits per heavy atom. The van der Waals surface area contributed by atoms with E-state index in [9.17, 15) is 27.2 Å². The highest BCUT2D eigenvalue weighted by Gasteiger charge is 2.47. The van der Waals surface area contributed by atoms with Gasteiger partial charge in [-0.25, -0.2) is 22.9 Å². The number of nitrogens with one attached hydrogen (secondary N) is 1. The Morgan fingerprint density at radius 2 is 1.81 bits per heavy atom. The molecule has 1 N–H and O–H groups in total. The molecule has 2 fully saturated rings. The van der Waals surface area contributed by atoms with E-state index in [0.717, 1.165) is 4.90 Å². The van der Waals surface area contributed by atoms with Crippen molar-refractivity contribution in [2.75, 3.05) is 6.54 Å². The lowest BCUT2D eigenvalue weighted by molar-refractivity contribution is -0.126. The molecule has 2 aromatic rings. The van der Waals surface area contributed by atoms with Crippen LogP contribution in [0.4, 0.5) is 22.4 Å². The van der Waals surface area contributed by atoms with E-state index >= 15 is 0 Å². The molecule has 1 saturated heterocycles. The van der Waals surface area contributed by atoms with Crippen molar-refractivity contribution >= 4 is 12.0 Å². The van der Waals surface area contributed by atoms with Crippen LogP contribution in [0.5, 0.6) is 0 Å². The molecule has 2 heterocycles. The molecule has 4 rings (SSSR count). The molecule has 3 atom stereocenters. The van der Waals surface area contributed by atoms with Crippen molar-refractivity contribution in [1.82, 2.24) is 15.2 Å². The van der Waals surface area contributed by atoms with Crippen molar-refractivity contribution < 1.29 is 31.9 Å². The molecule has 6 nitrogen and oxygen atoms in total. The van der Waals surface area contributed by atoms with Crippen LogP contribution >= 0.6 is 0 Å². The molecule has 0 unspecified atom stereocenters. The van der Waals surface area contributed by atoms with Gasteiger partial charge in [0.05, 0.1) is 18.3 Å². The van der Waals surface area contributed by atoms with Crippen LogP contribution < -0.4 is 5.32 Å². The third-order valence-electron chi connectivity index (χ3n) is 6.32. The van der Waals surface area contributed by atoms with Crippen LogP contribution in [0.1, 0.15) is 68.8 Å². The van der Waals surface area contributed by atoms with E-state index < -0.39 is 66.5 Å². The maximum absolute atomic E-state index is 14.9. The number of nitrogens with zero attached hydrogens (tertiary/aromatic N) is 2. The molecule has 0 radical (unpaired) electrons. The predicted octanol–water partition coefficient (Wildman–Crippen LogP) is 5.29. The Labute approximate surface area is 207 Å². The second-order valence-electron chi connectivity index (χ2n) is 10.4. The first kappa shape index (κ1) is 25.9. The predicted molar refractivity (Wildman–Crippen MR) is 124 cm³/mol. The summed E-state index contributed by atoms with van der Waals surface area (Å²) in [7, 11) is 0. The highest BCUT2D eigenvalue weighted by molar-refractivity contribution is 5.87. The highest BCUT2D eigenvalue weighted by atomic mass is 19.3. The molecule has 10 heteroatoms. The van der Waals surface area contributed by atoms with Crippen LogP contribution in [0.2, 0.25) is 0 Å². The molecular weight excluding hydrogens is 478 g/mol. The van der Waals surface area contributed by atoms with Gasteiger partial charge in [0.15, 0.2) is 0 Å². The lowest BCUT2D eigenvalue weighted by Gasteiger charge is -2.35. The van der Waals surface area contributed by atoms with Crippen LogP contribution in [-0.2, 0) is 9.53 Å². The molecule has 1 saturated carbocycles. The normalized spacial score (nSPS) is 22.6. The maximum Gasteiger partial charge on any atom is 0.411 e. The average molecular weight is 508 g/mol. The van der Waals surface area contributed by atoms with Crippen LogP contribution in [0, 0.1) is 5.95 Å². The van der Waals surface area contributed by atoms with Gasteiger partial charge in [0.1, 0.15) is 17.8 Å². The largest absolute Gasteiger partial charge is 0.444 e. The fraction of sp³-hybridized carbons (Fsp3) is 0.500. The second kappa shape index (κ2) is 9.71. The van der Waals surface area contributed by atoms with Gasteiger partial charge >= 0.3 is 6.09 Å². The summed E-state index contributed by atoms with van der Waals surface area (Å²) in [5.74, 6) is -4.93. The standard InChI is InChI=1S/C26H29F4N3O3/c1-25(2,3)36-24(35)33-14-17(27)11-20(33)23(34)32-21(15-7-5-4-6-8-15)19-10-9-18(22(28)31-19)16-12-26(29,30)13-16/h4-10,16-17,20-21H,11-14H2,1-3H3,(H,32,34)/t17-,20+,21+/m1/s1. The lowest BCUT2D eigenvalue weighted by atomic mass is 9.77. The van der Waals surface area contributed by atoms with Gasteiger partial charge in [-0.2, -0.15) is 4.39 Å². The molecule has 0 spiro atoms. The number of halogens is 4. The molecule has 1 aromatic carbocycles. The van der Waals surface area contributed by atoms with Gasteiger partial charge in [0, 0.05) is 24.8 Å².